The molecule has 2 aromatic rings. The second-order valence-corrected chi connectivity index (χ2v) is 7.66. The first-order chi connectivity index (χ1) is 13.6. The van der Waals surface area contributed by atoms with Crippen LogP contribution in [0.5, 0.6) is 5.75 Å². The van der Waals surface area contributed by atoms with E-state index in [-0.39, 0.29) is 11.3 Å². The lowest BCUT2D eigenvalue weighted by atomic mass is 9.98. The first-order valence-electron chi connectivity index (χ1n) is 10.7. The zero-order chi connectivity index (χ0) is 20.2. The third kappa shape index (κ3) is 7.38. The van der Waals surface area contributed by atoms with Crippen molar-refractivity contribution in [1.29, 1.82) is 0 Å². The van der Waals surface area contributed by atoms with Crippen LogP contribution in [0.25, 0.3) is 0 Å². The predicted molar refractivity (Wildman–Crippen MR) is 115 cm³/mol. The monoisotopic (exact) mass is 382 g/mol. The van der Waals surface area contributed by atoms with Gasteiger partial charge in [0.15, 0.2) is 0 Å². The van der Waals surface area contributed by atoms with Crippen molar-refractivity contribution in [3.63, 3.8) is 0 Å². The number of aromatic carboxylic acids is 1. The zero-order valence-electron chi connectivity index (χ0n) is 17.1. The van der Waals surface area contributed by atoms with Crippen LogP contribution < -0.4 is 0 Å². The van der Waals surface area contributed by atoms with Crippen LogP contribution in [0.2, 0.25) is 0 Å². The molecule has 0 fully saturated rings. The molecule has 0 spiro atoms. The number of hydrogen-bond acceptors (Lipinski definition) is 2. The van der Waals surface area contributed by atoms with Gasteiger partial charge in [0.2, 0.25) is 0 Å². The van der Waals surface area contributed by atoms with E-state index in [2.05, 4.69) is 31.2 Å². The molecule has 0 aliphatic rings. The van der Waals surface area contributed by atoms with E-state index in [9.17, 15) is 15.0 Å². The minimum absolute atomic E-state index is 0.0539. The number of aryl methyl sites for hydroxylation is 3. The summed E-state index contributed by atoms with van der Waals surface area (Å²) in [6.07, 6.45) is 12.5. The quantitative estimate of drug-likeness (QED) is 0.386. The van der Waals surface area contributed by atoms with Gasteiger partial charge in [-0.15, -0.1) is 0 Å². The maximum absolute atomic E-state index is 11.3. The molecule has 0 unspecified atom stereocenters. The summed E-state index contributed by atoms with van der Waals surface area (Å²) in [5.41, 5.74) is 3.66. The molecule has 2 rings (SSSR count). The van der Waals surface area contributed by atoms with E-state index in [1.807, 2.05) is 0 Å². The van der Waals surface area contributed by atoms with Crippen molar-refractivity contribution in [3.8, 4) is 5.75 Å². The van der Waals surface area contributed by atoms with Gasteiger partial charge in [0.1, 0.15) is 11.3 Å². The molecule has 0 atom stereocenters. The van der Waals surface area contributed by atoms with Gasteiger partial charge in [0.05, 0.1) is 0 Å². The van der Waals surface area contributed by atoms with E-state index in [0.717, 1.165) is 37.7 Å². The molecule has 0 radical (unpaired) electrons. The van der Waals surface area contributed by atoms with E-state index in [0.29, 0.717) is 6.42 Å². The average Bonchev–Trinajstić information content (AvgIpc) is 2.68. The smallest absolute Gasteiger partial charge is 0.339 e. The number of aromatic hydroxyl groups is 1. The Kier molecular flexibility index (Phi) is 9.61. The van der Waals surface area contributed by atoms with Crippen LogP contribution >= 0.6 is 0 Å². The Labute approximate surface area is 169 Å². The second-order valence-electron chi connectivity index (χ2n) is 7.66. The first kappa shape index (κ1) is 22.0. The summed E-state index contributed by atoms with van der Waals surface area (Å²) < 4.78 is 0. The summed E-state index contributed by atoms with van der Waals surface area (Å²) in [6.45, 7) is 2.25. The van der Waals surface area contributed by atoms with Crippen molar-refractivity contribution < 1.29 is 15.0 Å². The number of unbranched alkanes of at least 4 members (excludes halogenated alkanes) is 6. The summed E-state index contributed by atoms with van der Waals surface area (Å²) in [5, 5.41) is 19.0. The zero-order valence-corrected chi connectivity index (χ0v) is 17.1. The number of benzene rings is 2. The largest absolute Gasteiger partial charge is 0.507 e. The van der Waals surface area contributed by atoms with Crippen molar-refractivity contribution >= 4 is 5.97 Å². The van der Waals surface area contributed by atoms with Gasteiger partial charge in [-0.1, -0.05) is 75.4 Å². The Morgan fingerprint density at radius 1 is 0.786 bits per heavy atom. The summed E-state index contributed by atoms with van der Waals surface area (Å²) >= 11 is 0. The van der Waals surface area contributed by atoms with Crippen LogP contribution in [0.3, 0.4) is 0 Å². The van der Waals surface area contributed by atoms with Gasteiger partial charge in [-0.2, -0.15) is 0 Å². The fraction of sp³-hybridized carbons (Fsp3) is 0.480. The highest BCUT2D eigenvalue weighted by molar-refractivity contribution is 5.92. The molecule has 2 N–H and O–H groups in total. The lowest BCUT2D eigenvalue weighted by Crippen LogP contribution is -2.03. The van der Waals surface area contributed by atoms with Gasteiger partial charge >= 0.3 is 5.97 Å². The lowest BCUT2D eigenvalue weighted by molar-refractivity contribution is 0.0692. The van der Waals surface area contributed by atoms with Gasteiger partial charge in [0, 0.05) is 0 Å². The Hall–Kier alpha value is -2.29. The molecule has 0 heterocycles. The number of hydrogen-bond donors (Lipinski definition) is 2. The topological polar surface area (TPSA) is 57.5 Å². The molecule has 0 bridgehead atoms. The summed E-state index contributed by atoms with van der Waals surface area (Å²) in [5.74, 6) is -1.19. The molecule has 28 heavy (non-hydrogen) atoms. The standard InChI is InChI=1S/C25H34O3/c1-2-3-4-7-12-20-14-10-15-21(19-20)13-8-5-6-9-16-22-17-11-18-23(26)24(22)25(27)28/h10-11,14-15,17-19,26H,2-9,12-13,16H2,1H3,(H,27,28). The summed E-state index contributed by atoms with van der Waals surface area (Å²) in [4.78, 5) is 11.3. The third-order valence-corrected chi connectivity index (χ3v) is 5.31. The van der Waals surface area contributed by atoms with Crippen molar-refractivity contribution in [2.24, 2.45) is 0 Å². The number of rotatable bonds is 13. The molecule has 0 saturated carbocycles. The molecule has 3 nitrogen and oxygen atoms in total. The van der Waals surface area contributed by atoms with Crippen LogP contribution in [-0.4, -0.2) is 16.2 Å². The van der Waals surface area contributed by atoms with Gasteiger partial charge in [-0.05, 0) is 61.3 Å². The second kappa shape index (κ2) is 12.2. The highest BCUT2D eigenvalue weighted by Crippen LogP contribution is 2.23. The van der Waals surface area contributed by atoms with Gasteiger partial charge < -0.3 is 10.2 Å². The Morgan fingerprint density at radius 3 is 1.96 bits per heavy atom. The van der Waals surface area contributed by atoms with Crippen LogP contribution in [0.15, 0.2) is 42.5 Å². The minimum atomic E-state index is -1.05. The Balaban J connectivity index is 1.68. The molecule has 0 amide bonds. The number of carbonyl (C=O) groups is 1. The molecule has 0 aliphatic heterocycles. The molecule has 2 aromatic carbocycles. The fourth-order valence-electron chi connectivity index (χ4n) is 3.74. The highest BCUT2D eigenvalue weighted by atomic mass is 16.4. The van der Waals surface area contributed by atoms with Crippen molar-refractivity contribution in [2.75, 3.05) is 0 Å². The number of carboxylic acid groups (broad SMARTS) is 1. The summed E-state index contributed by atoms with van der Waals surface area (Å²) in [6, 6.07) is 14.0. The lowest BCUT2D eigenvalue weighted by Gasteiger charge is -2.08. The van der Waals surface area contributed by atoms with Crippen molar-refractivity contribution in [2.45, 2.75) is 77.6 Å². The van der Waals surface area contributed by atoms with Gasteiger partial charge in [-0.3, -0.25) is 0 Å². The van der Waals surface area contributed by atoms with E-state index >= 15 is 0 Å². The van der Waals surface area contributed by atoms with E-state index < -0.39 is 5.97 Å². The van der Waals surface area contributed by atoms with Gasteiger partial charge in [-0.25, -0.2) is 4.79 Å². The number of carboxylic acids is 1. The SMILES string of the molecule is CCCCCCc1cccc(CCCCCCc2cccc(O)c2C(=O)O)c1. The molecule has 0 saturated heterocycles. The van der Waals surface area contributed by atoms with Crippen molar-refractivity contribution in [1.82, 2.24) is 0 Å². The maximum atomic E-state index is 11.3. The molecule has 3 heteroatoms. The fourth-order valence-corrected chi connectivity index (χ4v) is 3.74. The van der Waals surface area contributed by atoms with E-state index in [1.54, 1.807) is 12.1 Å². The van der Waals surface area contributed by atoms with Crippen LogP contribution in [0.4, 0.5) is 0 Å². The predicted octanol–water partition coefficient (Wildman–Crippen LogP) is 6.56. The van der Waals surface area contributed by atoms with E-state index in [4.69, 9.17) is 0 Å². The maximum Gasteiger partial charge on any atom is 0.339 e. The third-order valence-electron chi connectivity index (χ3n) is 5.31. The molecular formula is C25H34O3. The Morgan fingerprint density at radius 2 is 1.36 bits per heavy atom. The normalized spacial score (nSPS) is 10.9. The molecule has 152 valence electrons. The number of phenols is 1. The van der Waals surface area contributed by atoms with Gasteiger partial charge in [0.25, 0.3) is 0 Å². The molecule has 0 aliphatic carbocycles. The first-order valence-corrected chi connectivity index (χ1v) is 10.7. The Bertz CT molecular complexity index is 736. The molecule has 0 aromatic heterocycles. The van der Waals surface area contributed by atoms with Crippen LogP contribution in [0.1, 0.15) is 85.3 Å². The molecular weight excluding hydrogens is 348 g/mol. The highest BCUT2D eigenvalue weighted by Gasteiger charge is 2.14. The van der Waals surface area contributed by atoms with Crippen LogP contribution in [0, 0.1) is 0 Å². The van der Waals surface area contributed by atoms with Crippen LogP contribution in [-0.2, 0) is 19.3 Å². The van der Waals surface area contributed by atoms with Crippen molar-refractivity contribution in [3.05, 3.63) is 64.7 Å². The average molecular weight is 383 g/mol. The summed E-state index contributed by atoms with van der Waals surface area (Å²) in [7, 11) is 0. The van der Waals surface area contributed by atoms with E-state index in [1.165, 1.54) is 49.3 Å². The minimum Gasteiger partial charge on any atom is -0.507 e.